The van der Waals surface area contributed by atoms with Crippen LogP contribution in [0, 0.1) is 0 Å². The molecule has 3 rings (SSSR count). The summed E-state index contributed by atoms with van der Waals surface area (Å²) in [6, 6.07) is 13.7. The maximum absolute atomic E-state index is 12.3. The monoisotopic (exact) mass is 347 g/mol. The average Bonchev–Trinajstić information content (AvgIpc) is 2.54. The molecular weight excluding hydrogens is 337 g/mol. The third-order valence-corrected chi connectivity index (χ3v) is 3.80. The van der Waals surface area contributed by atoms with Crippen LogP contribution in [0.15, 0.2) is 53.3 Å². The first kappa shape index (κ1) is 15.5. The molecule has 1 N–H and O–H groups in total. The Morgan fingerprint density at radius 1 is 1.04 bits per heavy atom. The van der Waals surface area contributed by atoms with E-state index in [0.29, 0.717) is 15.8 Å². The van der Waals surface area contributed by atoms with E-state index in [1.807, 2.05) is 0 Å². The largest absolute Gasteiger partial charge is 0.294 e. The molecule has 0 saturated carbocycles. The lowest BCUT2D eigenvalue weighted by Gasteiger charge is -2.09. The molecule has 0 unspecified atom stereocenters. The van der Waals surface area contributed by atoms with Crippen LogP contribution in [-0.4, -0.2) is 15.8 Å². The summed E-state index contributed by atoms with van der Waals surface area (Å²) in [6.07, 6.45) is 0.0930. The molecule has 0 spiro atoms. The SMILES string of the molecule is O=C(Cc1ccc(Cl)cc1)Nn1nc(Cl)c2ccccc2c1=O. The molecule has 0 saturated heterocycles. The summed E-state index contributed by atoms with van der Waals surface area (Å²) in [5.41, 5.74) is 2.78. The summed E-state index contributed by atoms with van der Waals surface area (Å²) in [5.74, 6) is -0.381. The second kappa shape index (κ2) is 6.40. The van der Waals surface area contributed by atoms with Crippen molar-refractivity contribution in [2.75, 3.05) is 5.43 Å². The lowest BCUT2D eigenvalue weighted by atomic mass is 10.1. The average molecular weight is 348 g/mol. The zero-order valence-corrected chi connectivity index (χ0v) is 13.3. The van der Waals surface area contributed by atoms with E-state index in [2.05, 4.69) is 10.5 Å². The second-order valence-corrected chi connectivity index (χ2v) is 5.69. The fourth-order valence-electron chi connectivity index (χ4n) is 2.17. The molecule has 3 aromatic rings. The highest BCUT2D eigenvalue weighted by molar-refractivity contribution is 6.34. The number of carbonyl (C=O) groups is 1. The molecule has 7 heteroatoms. The first-order valence-electron chi connectivity index (χ1n) is 6.76. The number of nitrogens with one attached hydrogen (secondary N) is 1. The van der Waals surface area contributed by atoms with Crippen LogP contribution in [0.5, 0.6) is 0 Å². The summed E-state index contributed by atoms with van der Waals surface area (Å²) in [6.45, 7) is 0. The van der Waals surface area contributed by atoms with Crippen LogP contribution in [0.3, 0.4) is 0 Å². The summed E-state index contributed by atoms with van der Waals surface area (Å²) in [4.78, 5) is 25.3. The Morgan fingerprint density at radius 3 is 2.39 bits per heavy atom. The van der Waals surface area contributed by atoms with Gasteiger partial charge >= 0.3 is 0 Å². The molecule has 0 fully saturated rings. The maximum Gasteiger partial charge on any atom is 0.294 e. The molecule has 1 aromatic heterocycles. The van der Waals surface area contributed by atoms with Crippen molar-refractivity contribution < 1.29 is 4.79 Å². The lowest BCUT2D eigenvalue weighted by molar-refractivity contribution is -0.116. The summed E-state index contributed by atoms with van der Waals surface area (Å²) >= 11 is 11.9. The number of nitrogens with zero attached hydrogens (tertiary/aromatic N) is 2. The number of aromatic nitrogens is 2. The highest BCUT2D eigenvalue weighted by atomic mass is 35.5. The maximum atomic E-state index is 12.3. The van der Waals surface area contributed by atoms with Crippen molar-refractivity contribution >= 4 is 39.9 Å². The molecule has 1 amide bonds. The van der Waals surface area contributed by atoms with E-state index in [4.69, 9.17) is 23.2 Å². The number of carbonyl (C=O) groups excluding carboxylic acids is 1. The predicted molar refractivity (Wildman–Crippen MR) is 90.5 cm³/mol. The number of fused-ring (bicyclic) bond motifs is 1. The Hall–Kier alpha value is -2.37. The van der Waals surface area contributed by atoms with Crippen molar-refractivity contribution in [3.05, 3.63) is 74.6 Å². The van der Waals surface area contributed by atoms with Crippen LogP contribution < -0.4 is 11.0 Å². The lowest BCUT2D eigenvalue weighted by Crippen LogP contribution is -2.36. The van der Waals surface area contributed by atoms with Crippen molar-refractivity contribution in [3.8, 4) is 0 Å². The van der Waals surface area contributed by atoms with Crippen LogP contribution >= 0.6 is 23.2 Å². The molecule has 0 aliphatic heterocycles. The molecule has 0 atom stereocenters. The topological polar surface area (TPSA) is 64.0 Å². The van der Waals surface area contributed by atoms with Gasteiger partial charge in [0.25, 0.3) is 5.56 Å². The summed E-state index contributed by atoms with van der Waals surface area (Å²) < 4.78 is 0. The van der Waals surface area contributed by atoms with Crippen molar-refractivity contribution in [2.24, 2.45) is 0 Å². The Balaban J connectivity index is 1.86. The van der Waals surface area contributed by atoms with Gasteiger partial charge in [-0.25, -0.2) is 5.43 Å². The summed E-state index contributed by atoms with van der Waals surface area (Å²) in [7, 11) is 0. The molecule has 0 bridgehead atoms. The number of halogens is 2. The van der Waals surface area contributed by atoms with Gasteiger partial charge < -0.3 is 0 Å². The van der Waals surface area contributed by atoms with E-state index in [9.17, 15) is 9.59 Å². The number of hydrogen-bond acceptors (Lipinski definition) is 3. The number of amides is 1. The Kier molecular flexibility index (Phi) is 4.32. The summed E-state index contributed by atoms with van der Waals surface area (Å²) in [5, 5.41) is 5.58. The van der Waals surface area contributed by atoms with Crippen LogP contribution in [-0.2, 0) is 11.2 Å². The van der Waals surface area contributed by atoms with E-state index >= 15 is 0 Å². The number of rotatable bonds is 3. The minimum Gasteiger partial charge on any atom is -0.273 e. The van der Waals surface area contributed by atoms with E-state index < -0.39 is 5.56 Å². The van der Waals surface area contributed by atoms with E-state index in [0.717, 1.165) is 10.4 Å². The minimum atomic E-state index is -0.436. The van der Waals surface area contributed by atoms with Gasteiger partial charge in [0.1, 0.15) is 0 Å². The molecule has 2 aromatic carbocycles. The Bertz CT molecular complexity index is 936. The van der Waals surface area contributed by atoms with Gasteiger partial charge in [0.2, 0.25) is 5.91 Å². The van der Waals surface area contributed by atoms with Gasteiger partial charge in [0.15, 0.2) is 5.15 Å². The third kappa shape index (κ3) is 3.36. The van der Waals surface area contributed by atoms with Gasteiger partial charge in [0, 0.05) is 10.4 Å². The normalized spacial score (nSPS) is 10.7. The van der Waals surface area contributed by atoms with Crippen LogP contribution in [0.1, 0.15) is 5.56 Å². The molecule has 1 heterocycles. The molecule has 0 aliphatic carbocycles. The van der Waals surface area contributed by atoms with E-state index in [1.54, 1.807) is 48.5 Å². The van der Waals surface area contributed by atoms with Crippen molar-refractivity contribution in [1.29, 1.82) is 0 Å². The molecule has 116 valence electrons. The fourth-order valence-corrected chi connectivity index (χ4v) is 2.54. The van der Waals surface area contributed by atoms with Gasteiger partial charge in [-0.15, -0.1) is 9.89 Å². The van der Waals surface area contributed by atoms with Crippen LogP contribution in [0.2, 0.25) is 10.2 Å². The third-order valence-electron chi connectivity index (χ3n) is 3.27. The molecule has 23 heavy (non-hydrogen) atoms. The van der Waals surface area contributed by atoms with Gasteiger partial charge in [-0.1, -0.05) is 53.5 Å². The van der Waals surface area contributed by atoms with E-state index in [1.165, 1.54) is 0 Å². The second-order valence-electron chi connectivity index (χ2n) is 4.89. The Morgan fingerprint density at radius 2 is 1.70 bits per heavy atom. The van der Waals surface area contributed by atoms with Gasteiger partial charge in [-0.3, -0.25) is 9.59 Å². The first-order valence-corrected chi connectivity index (χ1v) is 7.52. The van der Waals surface area contributed by atoms with Gasteiger partial charge in [0.05, 0.1) is 11.8 Å². The highest BCUT2D eigenvalue weighted by Gasteiger charge is 2.11. The smallest absolute Gasteiger partial charge is 0.273 e. The van der Waals surface area contributed by atoms with Crippen molar-refractivity contribution in [1.82, 2.24) is 9.89 Å². The van der Waals surface area contributed by atoms with Crippen LogP contribution in [0.25, 0.3) is 10.8 Å². The van der Waals surface area contributed by atoms with Crippen molar-refractivity contribution in [3.63, 3.8) is 0 Å². The molecule has 0 aliphatic rings. The molecule has 5 nitrogen and oxygen atoms in total. The van der Waals surface area contributed by atoms with E-state index in [-0.39, 0.29) is 17.5 Å². The Labute approximate surface area is 141 Å². The molecular formula is C16H11Cl2N3O2. The first-order chi connectivity index (χ1) is 11.0. The zero-order chi connectivity index (χ0) is 16.4. The van der Waals surface area contributed by atoms with Gasteiger partial charge in [-0.05, 0) is 23.8 Å². The number of benzene rings is 2. The van der Waals surface area contributed by atoms with Crippen molar-refractivity contribution in [2.45, 2.75) is 6.42 Å². The quantitative estimate of drug-likeness (QED) is 0.791. The minimum absolute atomic E-state index is 0.0930. The van der Waals surface area contributed by atoms with Gasteiger partial charge in [-0.2, -0.15) is 0 Å². The fraction of sp³-hybridized carbons (Fsp3) is 0.0625. The number of hydrogen-bond donors (Lipinski definition) is 1. The standard InChI is InChI=1S/C16H11Cl2N3O2/c17-11-7-5-10(6-8-11)9-14(22)19-21-16(23)13-4-2-1-3-12(13)15(18)20-21/h1-8H,9H2,(H,19,22). The van der Waals surface area contributed by atoms with Crippen LogP contribution in [0.4, 0.5) is 0 Å². The zero-order valence-electron chi connectivity index (χ0n) is 11.8. The predicted octanol–water partition coefficient (Wildman–Crippen LogP) is 3.02. The highest BCUT2D eigenvalue weighted by Crippen LogP contribution is 2.17. The molecule has 0 radical (unpaired) electrons.